The van der Waals surface area contributed by atoms with Crippen LogP contribution < -0.4 is 10.6 Å². The summed E-state index contributed by atoms with van der Waals surface area (Å²) < 4.78 is 4.97. The van der Waals surface area contributed by atoms with E-state index in [1.165, 1.54) is 6.20 Å². The largest absolute Gasteiger partial charge is 0.396 e. The van der Waals surface area contributed by atoms with E-state index in [0.717, 1.165) is 13.0 Å². The van der Waals surface area contributed by atoms with Crippen LogP contribution in [-0.2, 0) is 4.74 Å². The van der Waals surface area contributed by atoms with E-state index in [-0.39, 0.29) is 0 Å². The van der Waals surface area contributed by atoms with Crippen molar-refractivity contribution in [3.63, 3.8) is 0 Å². The van der Waals surface area contributed by atoms with Crippen molar-refractivity contribution in [1.82, 2.24) is 4.98 Å². The number of anilines is 2. The lowest BCUT2D eigenvalue weighted by molar-refractivity contribution is 0.196. The molecular weight excluding hydrogens is 204 g/mol. The predicted molar refractivity (Wildman–Crippen MR) is 63.1 cm³/mol. The summed E-state index contributed by atoms with van der Waals surface area (Å²) in [5.41, 5.74) is 6.82. The normalized spacial score (nSPS) is 9.81. The minimum absolute atomic E-state index is 0.478. The highest BCUT2D eigenvalue weighted by Gasteiger charge is 2.07. The average Bonchev–Trinajstić information content (AvgIpc) is 2.29. The van der Waals surface area contributed by atoms with Gasteiger partial charge in [0.05, 0.1) is 11.3 Å². The van der Waals surface area contributed by atoms with Gasteiger partial charge < -0.3 is 15.4 Å². The molecule has 16 heavy (non-hydrogen) atoms. The van der Waals surface area contributed by atoms with Crippen LogP contribution in [-0.4, -0.2) is 32.3 Å². The zero-order valence-corrected chi connectivity index (χ0v) is 9.60. The van der Waals surface area contributed by atoms with Gasteiger partial charge in [-0.3, -0.25) is 0 Å². The summed E-state index contributed by atoms with van der Waals surface area (Å²) in [6.07, 6.45) is 2.44. The molecule has 0 aliphatic heterocycles. The molecule has 5 heteroatoms. The molecule has 0 aliphatic carbocycles. The Kier molecular flexibility index (Phi) is 4.55. The summed E-state index contributed by atoms with van der Waals surface area (Å²) in [4.78, 5) is 6.12. The smallest absolute Gasteiger partial charge is 0.151 e. The third-order valence-electron chi connectivity index (χ3n) is 2.23. The molecule has 5 nitrogen and oxygen atoms in total. The first-order valence-electron chi connectivity index (χ1n) is 5.04. The number of rotatable bonds is 5. The van der Waals surface area contributed by atoms with Crippen molar-refractivity contribution in [2.24, 2.45) is 0 Å². The molecule has 0 amide bonds. The molecule has 0 spiro atoms. The fourth-order valence-electron chi connectivity index (χ4n) is 1.41. The molecule has 1 aromatic rings. The van der Waals surface area contributed by atoms with E-state index in [4.69, 9.17) is 15.7 Å². The molecule has 1 aromatic heterocycles. The van der Waals surface area contributed by atoms with Crippen molar-refractivity contribution in [3.8, 4) is 6.07 Å². The number of aromatic nitrogens is 1. The Morgan fingerprint density at radius 2 is 2.38 bits per heavy atom. The molecule has 0 atom stereocenters. The maximum atomic E-state index is 8.69. The number of ether oxygens (including phenoxy) is 1. The molecule has 0 aromatic carbocycles. The number of hydrogen-bond acceptors (Lipinski definition) is 5. The number of nitrogen functional groups attached to an aromatic ring is 1. The third-order valence-corrected chi connectivity index (χ3v) is 2.23. The summed E-state index contributed by atoms with van der Waals surface area (Å²) in [5, 5.41) is 8.69. The van der Waals surface area contributed by atoms with Crippen molar-refractivity contribution in [1.29, 1.82) is 5.26 Å². The molecule has 0 fully saturated rings. The van der Waals surface area contributed by atoms with E-state index >= 15 is 0 Å². The van der Waals surface area contributed by atoms with Crippen molar-refractivity contribution in [2.75, 3.05) is 37.9 Å². The number of methoxy groups -OCH3 is 1. The minimum atomic E-state index is 0.478. The molecular formula is C11H16N4O. The molecule has 0 aliphatic rings. The summed E-state index contributed by atoms with van der Waals surface area (Å²) in [6, 6.07) is 3.64. The second kappa shape index (κ2) is 5.93. The summed E-state index contributed by atoms with van der Waals surface area (Å²) >= 11 is 0. The maximum absolute atomic E-state index is 8.69. The number of nitrogens with zero attached hydrogens (tertiary/aromatic N) is 3. The average molecular weight is 220 g/mol. The fraction of sp³-hybridized carbons (Fsp3) is 0.455. The maximum Gasteiger partial charge on any atom is 0.151 e. The number of pyridine rings is 1. The molecule has 1 heterocycles. The molecule has 0 saturated heterocycles. The van der Waals surface area contributed by atoms with Gasteiger partial charge in [0.15, 0.2) is 5.82 Å². The number of hydrogen-bond donors (Lipinski definition) is 1. The van der Waals surface area contributed by atoms with Crippen LogP contribution >= 0.6 is 0 Å². The van der Waals surface area contributed by atoms with E-state index in [2.05, 4.69) is 4.98 Å². The van der Waals surface area contributed by atoms with Gasteiger partial charge in [0.2, 0.25) is 0 Å². The van der Waals surface area contributed by atoms with Crippen LogP contribution in [0, 0.1) is 11.3 Å². The van der Waals surface area contributed by atoms with Crippen molar-refractivity contribution < 1.29 is 4.74 Å². The van der Waals surface area contributed by atoms with Gasteiger partial charge in [-0.1, -0.05) is 0 Å². The topological polar surface area (TPSA) is 75.2 Å². The first-order chi connectivity index (χ1) is 7.69. The predicted octanol–water partition coefficient (Wildman–Crippen LogP) is 1.01. The van der Waals surface area contributed by atoms with E-state index in [1.807, 2.05) is 18.0 Å². The van der Waals surface area contributed by atoms with Gasteiger partial charge in [-0.25, -0.2) is 4.98 Å². The van der Waals surface area contributed by atoms with Crippen LogP contribution in [0.15, 0.2) is 12.3 Å². The highest BCUT2D eigenvalue weighted by atomic mass is 16.5. The molecule has 0 unspecified atom stereocenters. The lowest BCUT2D eigenvalue weighted by Gasteiger charge is -2.19. The first-order valence-corrected chi connectivity index (χ1v) is 5.04. The monoisotopic (exact) mass is 220 g/mol. The van der Waals surface area contributed by atoms with Crippen LogP contribution in [0.2, 0.25) is 0 Å². The minimum Gasteiger partial charge on any atom is -0.396 e. The van der Waals surface area contributed by atoms with E-state index in [9.17, 15) is 0 Å². The van der Waals surface area contributed by atoms with Gasteiger partial charge in [0, 0.05) is 33.5 Å². The van der Waals surface area contributed by atoms with E-state index in [1.54, 1.807) is 13.2 Å². The molecule has 86 valence electrons. The van der Waals surface area contributed by atoms with E-state index < -0.39 is 0 Å². The molecule has 2 N–H and O–H groups in total. The van der Waals surface area contributed by atoms with Crippen molar-refractivity contribution in [2.45, 2.75) is 6.42 Å². The van der Waals surface area contributed by atoms with Crippen LogP contribution in [0.5, 0.6) is 0 Å². The summed E-state index contributed by atoms with van der Waals surface area (Å²) in [6.45, 7) is 1.53. The quantitative estimate of drug-likeness (QED) is 0.749. The molecule has 0 bridgehead atoms. The molecule has 0 saturated carbocycles. The Morgan fingerprint density at radius 1 is 1.62 bits per heavy atom. The Hall–Kier alpha value is -1.80. The van der Waals surface area contributed by atoms with E-state index in [0.29, 0.717) is 23.7 Å². The number of nitriles is 1. The Balaban J connectivity index is 2.69. The summed E-state index contributed by atoms with van der Waals surface area (Å²) in [5.74, 6) is 0.704. The zero-order valence-electron chi connectivity index (χ0n) is 9.60. The van der Waals surface area contributed by atoms with Gasteiger partial charge in [-0.2, -0.15) is 5.26 Å². The van der Waals surface area contributed by atoms with Crippen molar-refractivity contribution in [3.05, 3.63) is 17.8 Å². The van der Waals surface area contributed by atoms with Gasteiger partial charge in [-0.05, 0) is 12.5 Å². The Morgan fingerprint density at radius 3 is 2.94 bits per heavy atom. The highest BCUT2D eigenvalue weighted by molar-refractivity contribution is 5.64. The SMILES string of the molecule is COCCCN(C)c1ncc(C#N)cc1N. The van der Waals surface area contributed by atoms with Crippen LogP contribution in [0.3, 0.4) is 0 Å². The molecule has 1 rings (SSSR count). The summed E-state index contributed by atoms with van der Waals surface area (Å²) in [7, 11) is 3.59. The highest BCUT2D eigenvalue weighted by Crippen LogP contribution is 2.19. The lowest BCUT2D eigenvalue weighted by Crippen LogP contribution is -2.22. The van der Waals surface area contributed by atoms with Gasteiger partial charge in [0.25, 0.3) is 0 Å². The second-order valence-electron chi connectivity index (χ2n) is 3.52. The van der Waals surface area contributed by atoms with Crippen molar-refractivity contribution >= 4 is 11.5 Å². The lowest BCUT2D eigenvalue weighted by atomic mass is 10.2. The van der Waals surface area contributed by atoms with Crippen LogP contribution in [0.1, 0.15) is 12.0 Å². The standard InChI is InChI=1S/C11H16N4O/c1-15(4-3-5-16-2)11-10(13)6-9(7-12)8-14-11/h6,8H,3-5,13H2,1-2H3. The first kappa shape index (κ1) is 12.3. The second-order valence-corrected chi connectivity index (χ2v) is 3.52. The Bertz CT molecular complexity index is 386. The third kappa shape index (κ3) is 3.11. The van der Waals surface area contributed by atoms with Crippen LogP contribution in [0.25, 0.3) is 0 Å². The Labute approximate surface area is 95.4 Å². The fourth-order valence-corrected chi connectivity index (χ4v) is 1.41. The number of nitrogens with two attached hydrogens (primary N) is 1. The van der Waals surface area contributed by atoms with Gasteiger partial charge >= 0.3 is 0 Å². The van der Waals surface area contributed by atoms with Gasteiger partial charge in [0.1, 0.15) is 6.07 Å². The van der Waals surface area contributed by atoms with Crippen LogP contribution in [0.4, 0.5) is 11.5 Å². The molecule has 0 radical (unpaired) electrons. The van der Waals surface area contributed by atoms with Gasteiger partial charge in [-0.15, -0.1) is 0 Å². The zero-order chi connectivity index (χ0) is 12.0.